The molecule has 7 heteroatoms. The van der Waals surface area contributed by atoms with Gasteiger partial charge in [0.25, 0.3) is 11.8 Å². The molecule has 2 aromatic rings. The lowest BCUT2D eigenvalue weighted by Gasteiger charge is -2.24. The van der Waals surface area contributed by atoms with Crippen molar-refractivity contribution >= 4 is 34.8 Å². The SMILES string of the molecule is CN(C)c1ccc(NC(=O)COc2ccc(Cl)cc2)cc1C(=O)NC1CCCCC1. The second-order valence-electron chi connectivity index (χ2n) is 7.73. The molecule has 2 amide bonds. The van der Waals surface area contributed by atoms with Crippen LogP contribution in [0.3, 0.4) is 0 Å². The van der Waals surface area contributed by atoms with Gasteiger partial charge in [-0.2, -0.15) is 0 Å². The van der Waals surface area contributed by atoms with Crippen molar-refractivity contribution < 1.29 is 14.3 Å². The molecule has 0 bridgehead atoms. The predicted octanol–water partition coefficient (Wildman–Crippen LogP) is 4.49. The van der Waals surface area contributed by atoms with Crippen molar-refractivity contribution in [1.29, 1.82) is 0 Å². The standard InChI is InChI=1S/C23H28ClN3O3/c1-27(2)21-13-10-18(14-20(21)23(29)26-17-6-4-3-5-7-17)25-22(28)15-30-19-11-8-16(24)9-12-19/h8-14,17H,3-7,15H2,1-2H3,(H,25,28)(H,26,29). The first-order valence-electron chi connectivity index (χ1n) is 10.2. The fraction of sp³-hybridized carbons (Fsp3) is 0.391. The number of carbonyl (C=O) groups is 2. The minimum atomic E-state index is -0.304. The van der Waals surface area contributed by atoms with E-state index in [1.807, 2.05) is 25.1 Å². The third kappa shape index (κ3) is 6.13. The molecular weight excluding hydrogens is 402 g/mol. The molecule has 0 saturated heterocycles. The van der Waals surface area contributed by atoms with Gasteiger partial charge in [-0.25, -0.2) is 0 Å². The predicted molar refractivity (Wildman–Crippen MR) is 121 cm³/mol. The summed E-state index contributed by atoms with van der Waals surface area (Å²) in [6.45, 7) is -0.138. The van der Waals surface area contributed by atoms with Gasteiger partial charge in [-0.15, -0.1) is 0 Å². The van der Waals surface area contributed by atoms with E-state index in [0.717, 1.165) is 31.4 Å². The van der Waals surface area contributed by atoms with Crippen LogP contribution in [-0.4, -0.2) is 38.6 Å². The summed E-state index contributed by atoms with van der Waals surface area (Å²) in [7, 11) is 3.79. The Bertz CT molecular complexity index is 878. The molecule has 1 fully saturated rings. The van der Waals surface area contributed by atoms with E-state index in [1.165, 1.54) is 6.42 Å². The van der Waals surface area contributed by atoms with Crippen molar-refractivity contribution in [2.24, 2.45) is 0 Å². The minimum absolute atomic E-state index is 0.112. The highest BCUT2D eigenvalue weighted by molar-refractivity contribution is 6.30. The van der Waals surface area contributed by atoms with Crippen LogP contribution in [0.25, 0.3) is 0 Å². The van der Waals surface area contributed by atoms with E-state index in [2.05, 4.69) is 10.6 Å². The Morgan fingerprint density at radius 1 is 1.07 bits per heavy atom. The van der Waals surface area contributed by atoms with Crippen molar-refractivity contribution in [2.45, 2.75) is 38.1 Å². The van der Waals surface area contributed by atoms with Crippen LogP contribution in [0.1, 0.15) is 42.5 Å². The third-order valence-corrected chi connectivity index (χ3v) is 5.38. The highest BCUT2D eigenvalue weighted by Crippen LogP contribution is 2.25. The van der Waals surface area contributed by atoms with Crippen molar-refractivity contribution in [1.82, 2.24) is 5.32 Å². The van der Waals surface area contributed by atoms with Gasteiger partial charge in [0.1, 0.15) is 5.75 Å². The largest absolute Gasteiger partial charge is 0.484 e. The Morgan fingerprint density at radius 2 is 1.77 bits per heavy atom. The molecule has 0 atom stereocenters. The van der Waals surface area contributed by atoms with E-state index < -0.39 is 0 Å². The Kier molecular flexibility index (Phi) is 7.57. The molecule has 1 aliphatic rings. The molecule has 0 aliphatic heterocycles. The van der Waals surface area contributed by atoms with Crippen LogP contribution in [0.15, 0.2) is 42.5 Å². The second-order valence-corrected chi connectivity index (χ2v) is 8.16. The fourth-order valence-corrected chi connectivity index (χ4v) is 3.70. The van der Waals surface area contributed by atoms with E-state index in [4.69, 9.17) is 16.3 Å². The van der Waals surface area contributed by atoms with Crippen LogP contribution in [0.2, 0.25) is 5.02 Å². The number of anilines is 2. The van der Waals surface area contributed by atoms with E-state index >= 15 is 0 Å². The lowest BCUT2D eigenvalue weighted by atomic mass is 9.95. The number of hydrogen-bond acceptors (Lipinski definition) is 4. The molecule has 160 valence electrons. The lowest BCUT2D eigenvalue weighted by molar-refractivity contribution is -0.118. The van der Waals surface area contributed by atoms with Gasteiger partial charge in [-0.1, -0.05) is 30.9 Å². The van der Waals surface area contributed by atoms with Gasteiger partial charge in [-0.05, 0) is 55.3 Å². The van der Waals surface area contributed by atoms with Gasteiger partial charge in [0.05, 0.1) is 5.56 Å². The number of benzene rings is 2. The zero-order valence-corrected chi connectivity index (χ0v) is 18.2. The molecule has 1 saturated carbocycles. The molecule has 1 aliphatic carbocycles. The number of hydrogen-bond donors (Lipinski definition) is 2. The maximum Gasteiger partial charge on any atom is 0.262 e. The maximum atomic E-state index is 12.9. The molecule has 2 N–H and O–H groups in total. The number of amides is 2. The van der Waals surface area contributed by atoms with Crippen LogP contribution in [0, 0.1) is 0 Å². The van der Waals surface area contributed by atoms with E-state index in [0.29, 0.717) is 22.0 Å². The van der Waals surface area contributed by atoms with Gasteiger partial charge < -0.3 is 20.3 Å². The molecule has 6 nitrogen and oxygen atoms in total. The Labute approximate surface area is 182 Å². The summed E-state index contributed by atoms with van der Waals surface area (Å²) in [5, 5.41) is 6.55. The van der Waals surface area contributed by atoms with Gasteiger partial charge in [0.15, 0.2) is 6.61 Å². The Morgan fingerprint density at radius 3 is 2.43 bits per heavy atom. The first kappa shape index (κ1) is 22.0. The number of halogens is 1. The van der Waals surface area contributed by atoms with Crippen molar-refractivity contribution in [3.8, 4) is 5.75 Å². The van der Waals surface area contributed by atoms with E-state index in [9.17, 15) is 9.59 Å². The Hall–Kier alpha value is -2.73. The van der Waals surface area contributed by atoms with E-state index in [1.54, 1.807) is 36.4 Å². The molecule has 3 rings (SSSR count). The molecule has 0 radical (unpaired) electrons. The summed E-state index contributed by atoms with van der Waals surface area (Å²) < 4.78 is 5.48. The highest BCUT2D eigenvalue weighted by atomic mass is 35.5. The average molecular weight is 430 g/mol. The smallest absolute Gasteiger partial charge is 0.262 e. The van der Waals surface area contributed by atoms with Crippen LogP contribution in [-0.2, 0) is 4.79 Å². The van der Waals surface area contributed by atoms with Gasteiger partial charge >= 0.3 is 0 Å². The van der Waals surface area contributed by atoms with Crippen molar-refractivity contribution in [3.05, 3.63) is 53.1 Å². The lowest BCUT2D eigenvalue weighted by Crippen LogP contribution is -2.36. The molecule has 0 aromatic heterocycles. The maximum absolute atomic E-state index is 12.9. The summed E-state index contributed by atoms with van der Waals surface area (Å²) in [4.78, 5) is 27.1. The summed E-state index contributed by atoms with van der Waals surface area (Å²) >= 11 is 5.85. The zero-order chi connectivity index (χ0) is 21.5. The summed E-state index contributed by atoms with van der Waals surface area (Å²) in [6, 6.07) is 12.4. The van der Waals surface area contributed by atoms with Crippen LogP contribution in [0.5, 0.6) is 5.75 Å². The Balaban J connectivity index is 1.65. The van der Waals surface area contributed by atoms with Crippen LogP contribution < -0.4 is 20.3 Å². The molecule has 0 unspecified atom stereocenters. The quantitative estimate of drug-likeness (QED) is 0.680. The second kappa shape index (κ2) is 10.3. The number of nitrogens with one attached hydrogen (secondary N) is 2. The normalized spacial score (nSPS) is 14.1. The fourth-order valence-electron chi connectivity index (χ4n) is 3.57. The van der Waals surface area contributed by atoms with E-state index in [-0.39, 0.29) is 24.5 Å². The topological polar surface area (TPSA) is 70.7 Å². The molecule has 0 spiro atoms. The monoisotopic (exact) mass is 429 g/mol. The zero-order valence-electron chi connectivity index (χ0n) is 17.4. The van der Waals surface area contributed by atoms with Crippen molar-refractivity contribution in [3.63, 3.8) is 0 Å². The van der Waals surface area contributed by atoms with Crippen LogP contribution in [0.4, 0.5) is 11.4 Å². The van der Waals surface area contributed by atoms with Crippen molar-refractivity contribution in [2.75, 3.05) is 30.9 Å². The summed E-state index contributed by atoms with van der Waals surface area (Å²) in [5.41, 5.74) is 1.90. The molecule has 30 heavy (non-hydrogen) atoms. The average Bonchev–Trinajstić information content (AvgIpc) is 2.74. The first-order valence-corrected chi connectivity index (χ1v) is 10.6. The summed E-state index contributed by atoms with van der Waals surface area (Å²) in [5.74, 6) is 0.144. The molecular formula is C23H28ClN3O3. The number of rotatable bonds is 7. The first-order chi connectivity index (χ1) is 14.4. The minimum Gasteiger partial charge on any atom is -0.484 e. The third-order valence-electron chi connectivity index (χ3n) is 5.13. The van der Waals surface area contributed by atoms with Gasteiger partial charge in [0, 0.05) is 36.5 Å². The molecule has 2 aromatic carbocycles. The van der Waals surface area contributed by atoms with Crippen LogP contribution >= 0.6 is 11.6 Å². The highest BCUT2D eigenvalue weighted by Gasteiger charge is 2.20. The number of carbonyl (C=O) groups excluding carboxylic acids is 2. The van der Waals surface area contributed by atoms with Gasteiger partial charge in [-0.3, -0.25) is 9.59 Å². The number of ether oxygens (including phenoxy) is 1. The summed E-state index contributed by atoms with van der Waals surface area (Å²) in [6.07, 6.45) is 5.56. The number of nitrogens with zero attached hydrogens (tertiary/aromatic N) is 1. The van der Waals surface area contributed by atoms with Gasteiger partial charge in [0.2, 0.25) is 0 Å². The molecule has 0 heterocycles.